The quantitative estimate of drug-likeness (QED) is 0.801. The number of carbonyl (C=O) groups is 1. The molecule has 0 aromatic heterocycles. The first-order chi connectivity index (χ1) is 10.4. The summed E-state index contributed by atoms with van der Waals surface area (Å²) in [5.74, 6) is 0.347. The van der Waals surface area contributed by atoms with E-state index in [1.807, 2.05) is 11.9 Å². The zero-order valence-electron chi connectivity index (χ0n) is 13.5. The molecule has 0 unspecified atom stereocenters. The molecule has 0 saturated carbocycles. The van der Waals surface area contributed by atoms with Gasteiger partial charge >= 0.3 is 0 Å². The first-order valence-corrected chi connectivity index (χ1v) is 8.60. The zero-order chi connectivity index (χ0) is 16.3. The van der Waals surface area contributed by atoms with E-state index in [4.69, 9.17) is 23.2 Å². The minimum absolute atomic E-state index is 0.0421. The number of hydrogen-bond acceptors (Lipinski definition) is 2. The van der Waals surface area contributed by atoms with Crippen LogP contribution in [-0.2, 0) is 0 Å². The normalized spacial score (nSPS) is 17.0. The summed E-state index contributed by atoms with van der Waals surface area (Å²) in [5, 5.41) is 0.953. The van der Waals surface area contributed by atoms with Crippen LogP contribution in [0.25, 0.3) is 0 Å². The fourth-order valence-corrected chi connectivity index (χ4v) is 3.50. The predicted molar refractivity (Wildman–Crippen MR) is 92.9 cm³/mol. The summed E-state index contributed by atoms with van der Waals surface area (Å²) < 4.78 is 0. The van der Waals surface area contributed by atoms with Crippen LogP contribution in [0.3, 0.4) is 0 Å². The topological polar surface area (TPSA) is 23.6 Å². The van der Waals surface area contributed by atoms with Crippen LogP contribution in [0.4, 0.5) is 0 Å². The summed E-state index contributed by atoms with van der Waals surface area (Å²) in [6.07, 6.45) is 2.51. The van der Waals surface area contributed by atoms with Gasteiger partial charge in [-0.15, -0.1) is 0 Å². The molecule has 1 aromatic rings. The van der Waals surface area contributed by atoms with E-state index in [1.165, 1.54) is 12.8 Å². The molecule has 5 heteroatoms. The van der Waals surface area contributed by atoms with Crippen LogP contribution in [0.5, 0.6) is 0 Å². The number of rotatable bonds is 5. The highest BCUT2D eigenvalue weighted by atomic mass is 35.5. The van der Waals surface area contributed by atoms with Crippen LogP contribution in [0.2, 0.25) is 10.0 Å². The lowest BCUT2D eigenvalue weighted by atomic mass is 10.0. The van der Waals surface area contributed by atoms with Crippen molar-refractivity contribution in [2.24, 2.45) is 5.92 Å². The van der Waals surface area contributed by atoms with Crippen molar-refractivity contribution in [3.8, 4) is 0 Å². The maximum atomic E-state index is 12.8. The Morgan fingerprint density at radius 1 is 1.27 bits per heavy atom. The number of hydrogen-bond donors (Lipinski definition) is 0. The number of nitrogens with zero attached hydrogens (tertiary/aromatic N) is 2. The van der Waals surface area contributed by atoms with E-state index in [0.717, 1.165) is 19.6 Å². The second kappa shape index (κ2) is 7.67. The number of benzene rings is 1. The molecule has 3 nitrogen and oxygen atoms in total. The van der Waals surface area contributed by atoms with E-state index in [1.54, 1.807) is 18.2 Å². The van der Waals surface area contributed by atoms with Crippen molar-refractivity contribution in [2.75, 3.05) is 26.7 Å². The monoisotopic (exact) mass is 342 g/mol. The molecule has 0 bridgehead atoms. The van der Waals surface area contributed by atoms with E-state index in [-0.39, 0.29) is 11.9 Å². The Bertz CT molecular complexity index is 527. The molecular weight excluding hydrogens is 319 g/mol. The molecule has 0 radical (unpaired) electrons. The molecule has 1 aliphatic rings. The fraction of sp³-hybridized carbons (Fsp3) is 0.588. The third-order valence-corrected chi connectivity index (χ3v) is 4.94. The van der Waals surface area contributed by atoms with Crippen molar-refractivity contribution in [3.63, 3.8) is 0 Å². The van der Waals surface area contributed by atoms with Gasteiger partial charge in [0.05, 0.1) is 10.6 Å². The first kappa shape index (κ1) is 17.6. The highest BCUT2D eigenvalue weighted by molar-refractivity contribution is 6.36. The standard InChI is InChI=1S/C17H24Cl2N2O/c1-12(2)16(11-21-8-4-5-9-21)20(3)17(22)14-7-6-13(18)10-15(14)19/h6-7,10,12,16H,4-5,8-9,11H2,1-3H3/t16-/m1/s1. The molecule has 1 atom stereocenters. The summed E-state index contributed by atoms with van der Waals surface area (Å²) >= 11 is 12.1. The van der Waals surface area contributed by atoms with Crippen LogP contribution >= 0.6 is 23.2 Å². The van der Waals surface area contributed by atoms with Crippen LogP contribution in [0.1, 0.15) is 37.0 Å². The molecule has 1 heterocycles. The van der Waals surface area contributed by atoms with Crippen LogP contribution < -0.4 is 0 Å². The maximum Gasteiger partial charge on any atom is 0.255 e. The molecule has 122 valence electrons. The lowest BCUT2D eigenvalue weighted by Gasteiger charge is -2.34. The smallest absolute Gasteiger partial charge is 0.255 e. The fourth-order valence-electron chi connectivity index (χ4n) is 3.01. The molecule has 0 N–H and O–H groups in total. The van der Waals surface area contributed by atoms with Crippen molar-refractivity contribution < 1.29 is 4.79 Å². The Labute approximate surface area is 143 Å². The van der Waals surface area contributed by atoms with Gasteiger partial charge in [-0.25, -0.2) is 0 Å². The van der Waals surface area contributed by atoms with Gasteiger partial charge in [-0.1, -0.05) is 37.0 Å². The predicted octanol–water partition coefficient (Wildman–Crippen LogP) is 4.19. The van der Waals surface area contributed by atoms with Gasteiger partial charge in [-0.05, 0) is 50.0 Å². The molecule has 1 fully saturated rings. The minimum atomic E-state index is -0.0421. The molecule has 1 saturated heterocycles. The zero-order valence-corrected chi connectivity index (χ0v) is 15.0. The third-order valence-electron chi connectivity index (χ3n) is 4.39. The van der Waals surface area contributed by atoms with E-state index >= 15 is 0 Å². The highest BCUT2D eigenvalue weighted by Gasteiger charge is 2.28. The summed E-state index contributed by atoms with van der Waals surface area (Å²) in [6.45, 7) is 7.51. The van der Waals surface area contributed by atoms with Gasteiger partial charge in [0, 0.05) is 24.7 Å². The lowest BCUT2D eigenvalue weighted by Crippen LogP contribution is -2.47. The van der Waals surface area contributed by atoms with Gasteiger partial charge in [0.25, 0.3) is 5.91 Å². The van der Waals surface area contributed by atoms with Crippen molar-refractivity contribution >= 4 is 29.1 Å². The van der Waals surface area contributed by atoms with Gasteiger partial charge in [0.2, 0.25) is 0 Å². The highest BCUT2D eigenvalue weighted by Crippen LogP contribution is 2.24. The SMILES string of the molecule is CC(C)[C@@H](CN1CCCC1)N(C)C(=O)c1ccc(Cl)cc1Cl. The van der Waals surface area contributed by atoms with Gasteiger partial charge in [-0.3, -0.25) is 4.79 Å². The molecule has 0 spiro atoms. The molecule has 0 aliphatic carbocycles. The average Bonchev–Trinajstić information content (AvgIpc) is 2.96. The largest absolute Gasteiger partial charge is 0.337 e. The number of likely N-dealkylation sites (tertiary alicyclic amines) is 1. The average molecular weight is 343 g/mol. The lowest BCUT2D eigenvalue weighted by molar-refractivity contribution is 0.0641. The van der Waals surface area contributed by atoms with Crippen LogP contribution in [-0.4, -0.2) is 48.4 Å². The Hall–Kier alpha value is -0.770. The number of halogens is 2. The summed E-state index contributed by atoms with van der Waals surface area (Å²) in [4.78, 5) is 17.1. The third kappa shape index (κ3) is 4.15. The van der Waals surface area contributed by atoms with Gasteiger partial charge < -0.3 is 9.80 Å². The molecule has 1 aromatic carbocycles. The van der Waals surface area contributed by atoms with E-state index in [0.29, 0.717) is 21.5 Å². The minimum Gasteiger partial charge on any atom is -0.337 e. The maximum absolute atomic E-state index is 12.8. The van der Waals surface area contributed by atoms with E-state index in [9.17, 15) is 4.79 Å². The van der Waals surface area contributed by atoms with Crippen molar-refractivity contribution in [2.45, 2.75) is 32.7 Å². The Morgan fingerprint density at radius 2 is 1.91 bits per heavy atom. The molecule has 22 heavy (non-hydrogen) atoms. The van der Waals surface area contributed by atoms with Gasteiger partial charge in [-0.2, -0.15) is 0 Å². The number of carbonyl (C=O) groups excluding carboxylic acids is 1. The summed E-state index contributed by atoms with van der Waals surface area (Å²) in [7, 11) is 1.87. The van der Waals surface area contributed by atoms with Crippen molar-refractivity contribution in [1.82, 2.24) is 9.80 Å². The summed E-state index contributed by atoms with van der Waals surface area (Å²) in [5.41, 5.74) is 0.514. The Kier molecular flexibility index (Phi) is 6.13. The van der Waals surface area contributed by atoms with Crippen molar-refractivity contribution in [1.29, 1.82) is 0 Å². The summed E-state index contributed by atoms with van der Waals surface area (Å²) in [6, 6.07) is 5.21. The van der Waals surface area contributed by atoms with E-state index < -0.39 is 0 Å². The molecular formula is C17H24Cl2N2O. The van der Waals surface area contributed by atoms with Gasteiger partial charge in [0.15, 0.2) is 0 Å². The molecule has 1 amide bonds. The Balaban J connectivity index is 2.14. The van der Waals surface area contributed by atoms with E-state index in [2.05, 4.69) is 18.7 Å². The van der Waals surface area contributed by atoms with Crippen LogP contribution in [0.15, 0.2) is 18.2 Å². The molecule has 1 aliphatic heterocycles. The van der Waals surface area contributed by atoms with Crippen molar-refractivity contribution in [3.05, 3.63) is 33.8 Å². The van der Waals surface area contributed by atoms with Crippen LogP contribution in [0, 0.1) is 5.92 Å². The first-order valence-electron chi connectivity index (χ1n) is 7.84. The molecule has 2 rings (SSSR count). The second-order valence-electron chi connectivity index (χ2n) is 6.36. The number of likely N-dealkylation sites (N-methyl/N-ethyl adjacent to an activating group) is 1. The number of amides is 1. The van der Waals surface area contributed by atoms with Gasteiger partial charge in [0.1, 0.15) is 0 Å². The Morgan fingerprint density at radius 3 is 2.45 bits per heavy atom. The second-order valence-corrected chi connectivity index (χ2v) is 7.20.